The molecule has 0 bridgehead atoms. The van der Waals surface area contributed by atoms with Crippen LogP contribution in [-0.2, 0) is 16.9 Å². The van der Waals surface area contributed by atoms with E-state index in [1.165, 1.54) is 11.1 Å². The lowest BCUT2D eigenvalue weighted by molar-refractivity contribution is -0.255. The Kier molecular flexibility index (Phi) is 5.41. The van der Waals surface area contributed by atoms with E-state index in [-0.39, 0.29) is 23.1 Å². The fraction of sp³-hybridized carbons (Fsp3) is 0.417. The molecule has 5 nitrogen and oxygen atoms in total. The van der Waals surface area contributed by atoms with Crippen LogP contribution in [0.25, 0.3) is 0 Å². The predicted octanol–water partition coefficient (Wildman–Crippen LogP) is 2.52. The van der Waals surface area contributed by atoms with Crippen LogP contribution >= 0.6 is 0 Å². The van der Waals surface area contributed by atoms with Crippen LogP contribution in [0.2, 0.25) is 0 Å². The lowest BCUT2D eigenvalue weighted by Gasteiger charge is -2.36. The second kappa shape index (κ2) is 7.99. The summed E-state index contributed by atoms with van der Waals surface area (Å²) in [7, 11) is 0. The van der Waals surface area contributed by atoms with Gasteiger partial charge in [0.2, 0.25) is 5.91 Å². The van der Waals surface area contributed by atoms with Gasteiger partial charge < -0.3 is 15.2 Å². The SMILES string of the molecule is Cc1cccc(CN2CCCC[C@@H]2C(=O)NC2(c3ccc(C(=O)[O-])cc3)CC2)c1. The molecule has 0 radical (unpaired) electrons. The number of aryl methyl sites for hydroxylation is 1. The summed E-state index contributed by atoms with van der Waals surface area (Å²) in [5, 5.41) is 14.3. The molecule has 1 amide bonds. The molecule has 2 aromatic rings. The Balaban J connectivity index is 1.46. The molecule has 2 fully saturated rings. The zero-order chi connectivity index (χ0) is 20.4. The maximum atomic E-state index is 13.2. The van der Waals surface area contributed by atoms with Crippen molar-refractivity contribution in [1.82, 2.24) is 10.2 Å². The second-order valence-electron chi connectivity index (χ2n) is 8.41. The van der Waals surface area contributed by atoms with Crippen LogP contribution in [0.4, 0.5) is 0 Å². The summed E-state index contributed by atoms with van der Waals surface area (Å²) in [6, 6.07) is 15.1. The van der Waals surface area contributed by atoms with E-state index in [2.05, 4.69) is 41.4 Å². The predicted molar refractivity (Wildman–Crippen MR) is 109 cm³/mol. The molecule has 1 saturated heterocycles. The molecule has 1 atom stereocenters. The van der Waals surface area contributed by atoms with E-state index in [0.717, 1.165) is 50.8 Å². The molecule has 4 rings (SSSR count). The Morgan fingerprint density at radius 2 is 1.90 bits per heavy atom. The quantitative estimate of drug-likeness (QED) is 0.821. The van der Waals surface area contributed by atoms with Gasteiger partial charge in [-0.05, 0) is 55.8 Å². The largest absolute Gasteiger partial charge is 0.545 e. The number of carboxylic acids is 1. The van der Waals surface area contributed by atoms with E-state index in [1.54, 1.807) is 24.3 Å². The molecule has 1 saturated carbocycles. The molecule has 0 spiro atoms. The zero-order valence-corrected chi connectivity index (χ0v) is 16.8. The van der Waals surface area contributed by atoms with E-state index in [1.807, 2.05) is 0 Å². The minimum atomic E-state index is -1.18. The Morgan fingerprint density at radius 3 is 2.55 bits per heavy atom. The number of piperidine rings is 1. The van der Waals surface area contributed by atoms with Gasteiger partial charge in [0.05, 0.1) is 17.6 Å². The molecular formula is C24H27N2O3-. The standard InChI is InChI=1S/C24H28N2O3/c1-17-5-4-6-18(15-17)16-26-14-3-2-7-21(26)22(27)25-24(12-13-24)20-10-8-19(9-11-20)23(28)29/h4-6,8-11,15,21H,2-3,7,12-14,16H2,1H3,(H,25,27)(H,28,29)/p-1/t21-/m1/s1. The maximum Gasteiger partial charge on any atom is 0.238 e. The average Bonchev–Trinajstić information content (AvgIpc) is 3.49. The van der Waals surface area contributed by atoms with Crippen molar-refractivity contribution in [2.24, 2.45) is 0 Å². The number of likely N-dealkylation sites (tertiary alicyclic amines) is 1. The van der Waals surface area contributed by atoms with Gasteiger partial charge in [0.1, 0.15) is 0 Å². The molecule has 0 aromatic heterocycles. The minimum Gasteiger partial charge on any atom is -0.545 e. The van der Waals surface area contributed by atoms with E-state index < -0.39 is 5.97 Å². The number of benzene rings is 2. The minimum absolute atomic E-state index is 0.0823. The van der Waals surface area contributed by atoms with Gasteiger partial charge in [-0.1, -0.05) is 60.5 Å². The third-order valence-corrected chi connectivity index (χ3v) is 6.17. The third-order valence-electron chi connectivity index (χ3n) is 6.17. The number of hydrogen-bond acceptors (Lipinski definition) is 4. The number of aromatic carboxylic acids is 1. The van der Waals surface area contributed by atoms with Crippen LogP contribution in [0.3, 0.4) is 0 Å². The summed E-state index contributed by atoms with van der Waals surface area (Å²) >= 11 is 0. The Hall–Kier alpha value is -2.66. The van der Waals surface area contributed by atoms with Crippen molar-refractivity contribution in [1.29, 1.82) is 0 Å². The number of rotatable bonds is 6. The van der Waals surface area contributed by atoms with Crippen molar-refractivity contribution in [3.63, 3.8) is 0 Å². The highest BCUT2D eigenvalue weighted by molar-refractivity contribution is 5.86. The average molecular weight is 391 g/mol. The number of carboxylic acid groups (broad SMARTS) is 1. The Bertz CT molecular complexity index is 903. The number of amides is 1. The lowest BCUT2D eigenvalue weighted by Crippen LogP contribution is -2.51. The normalized spacial score (nSPS) is 20.8. The smallest absolute Gasteiger partial charge is 0.238 e. The van der Waals surface area contributed by atoms with Gasteiger partial charge >= 0.3 is 0 Å². The number of carbonyl (C=O) groups is 2. The van der Waals surface area contributed by atoms with Gasteiger partial charge in [-0.25, -0.2) is 0 Å². The highest BCUT2D eigenvalue weighted by atomic mass is 16.4. The van der Waals surface area contributed by atoms with Crippen molar-refractivity contribution in [3.05, 3.63) is 70.8 Å². The van der Waals surface area contributed by atoms with Crippen LogP contribution in [0.5, 0.6) is 0 Å². The van der Waals surface area contributed by atoms with Crippen LogP contribution < -0.4 is 10.4 Å². The molecule has 1 aliphatic heterocycles. The van der Waals surface area contributed by atoms with E-state index in [0.29, 0.717) is 0 Å². The first-order chi connectivity index (χ1) is 14.0. The first-order valence-corrected chi connectivity index (χ1v) is 10.4. The highest BCUT2D eigenvalue weighted by Crippen LogP contribution is 2.45. The lowest BCUT2D eigenvalue weighted by atomic mass is 9.98. The maximum absolute atomic E-state index is 13.2. The van der Waals surface area contributed by atoms with Gasteiger partial charge in [0, 0.05) is 6.54 Å². The van der Waals surface area contributed by atoms with Crippen molar-refractivity contribution < 1.29 is 14.7 Å². The molecule has 1 heterocycles. The molecule has 2 aromatic carbocycles. The van der Waals surface area contributed by atoms with Crippen LogP contribution in [0, 0.1) is 6.92 Å². The molecular weight excluding hydrogens is 364 g/mol. The third kappa shape index (κ3) is 4.35. The summed E-state index contributed by atoms with van der Waals surface area (Å²) < 4.78 is 0. The molecule has 2 aliphatic rings. The summed E-state index contributed by atoms with van der Waals surface area (Å²) in [6.45, 7) is 3.80. The fourth-order valence-electron chi connectivity index (χ4n) is 4.38. The topological polar surface area (TPSA) is 72.5 Å². The fourth-order valence-corrected chi connectivity index (χ4v) is 4.38. The van der Waals surface area contributed by atoms with E-state index in [4.69, 9.17) is 0 Å². The van der Waals surface area contributed by atoms with Crippen molar-refractivity contribution in [2.75, 3.05) is 6.54 Å². The highest BCUT2D eigenvalue weighted by Gasteiger charge is 2.47. The Morgan fingerprint density at radius 1 is 1.14 bits per heavy atom. The monoisotopic (exact) mass is 391 g/mol. The summed E-state index contributed by atoms with van der Waals surface area (Å²) in [5.74, 6) is -1.10. The zero-order valence-electron chi connectivity index (χ0n) is 16.8. The summed E-state index contributed by atoms with van der Waals surface area (Å²) in [6.07, 6.45) is 4.82. The van der Waals surface area contributed by atoms with Gasteiger partial charge in [-0.3, -0.25) is 9.69 Å². The number of nitrogens with one attached hydrogen (secondary N) is 1. The van der Waals surface area contributed by atoms with Crippen LogP contribution in [0.1, 0.15) is 59.2 Å². The first kappa shape index (κ1) is 19.6. The molecule has 0 unspecified atom stereocenters. The molecule has 1 N–H and O–H groups in total. The van der Waals surface area contributed by atoms with Crippen molar-refractivity contribution in [2.45, 2.75) is 57.2 Å². The summed E-state index contributed by atoms with van der Waals surface area (Å²) in [4.78, 5) is 26.5. The summed E-state index contributed by atoms with van der Waals surface area (Å²) in [5.41, 5.74) is 3.25. The number of hydrogen-bond donors (Lipinski definition) is 1. The van der Waals surface area contributed by atoms with Crippen molar-refractivity contribution >= 4 is 11.9 Å². The van der Waals surface area contributed by atoms with Crippen LogP contribution in [-0.4, -0.2) is 29.4 Å². The number of nitrogens with zero attached hydrogens (tertiary/aromatic N) is 1. The second-order valence-corrected chi connectivity index (χ2v) is 8.41. The van der Waals surface area contributed by atoms with E-state index >= 15 is 0 Å². The van der Waals surface area contributed by atoms with Gasteiger partial charge in [-0.2, -0.15) is 0 Å². The van der Waals surface area contributed by atoms with Crippen LogP contribution in [0.15, 0.2) is 48.5 Å². The Labute approximate surface area is 171 Å². The van der Waals surface area contributed by atoms with Crippen molar-refractivity contribution in [3.8, 4) is 0 Å². The number of carbonyl (C=O) groups excluding carboxylic acids is 2. The molecule has 1 aliphatic carbocycles. The van der Waals surface area contributed by atoms with Gasteiger partial charge in [0.15, 0.2) is 0 Å². The molecule has 5 heteroatoms. The first-order valence-electron chi connectivity index (χ1n) is 10.4. The van der Waals surface area contributed by atoms with E-state index in [9.17, 15) is 14.7 Å². The van der Waals surface area contributed by atoms with Gasteiger partial charge in [0.25, 0.3) is 0 Å². The molecule has 29 heavy (non-hydrogen) atoms. The molecule has 152 valence electrons. The van der Waals surface area contributed by atoms with Gasteiger partial charge in [-0.15, -0.1) is 0 Å².